The molecule has 124 valence electrons. The molecule has 0 saturated heterocycles. The lowest BCUT2D eigenvalue weighted by Crippen LogP contribution is -2.02. The third kappa shape index (κ3) is 3.12. The summed E-state index contributed by atoms with van der Waals surface area (Å²) in [6, 6.07) is 13.6. The molecule has 0 radical (unpaired) electrons. The summed E-state index contributed by atoms with van der Waals surface area (Å²) in [5.41, 5.74) is 3.55. The normalized spacial score (nSPS) is 10.8. The van der Waals surface area contributed by atoms with Crippen molar-refractivity contribution in [1.29, 1.82) is 0 Å². The Morgan fingerprint density at radius 3 is 2.80 bits per heavy atom. The predicted octanol–water partition coefficient (Wildman–Crippen LogP) is 3.09. The van der Waals surface area contributed by atoms with Crippen LogP contribution in [-0.4, -0.2) is 32.0 Å². The van der Waals surface area contributed by atoms with E-state index in [-0.39, 0.29) is 0 Å². The van der Waals surface area contributed by atoms with Gasteiger partial charge in [-0.25, -0.2) is 4.98 Å². The molecular weight excluding hydrogens is 316 g/mol. The van der Waals surface area contributed by atoms with Gasteiger partial charge < -0.3 is 9.84 Å². The Labute approximate surface area is 144 Å². The summed E-state index contributed by atoms with van der Waals surface area (Å²) in [5, 5.41) is 11.4. The van der Waals surface area contributed by atoms with Crippen molar-refractivity contribution >= 4 is 5.69 Å². The Morgan fingerprint density at radius 1 is 1.12 bits per heavy atom. The quantitative estimate of drug-likeness (QED) is 0.605. The number of rotatable bonds is 5. The van der Waals surface area contributed by atoms with Gasteiger partial charge in [-0.3, -0.25) is 4.68 Å². The second-order valence-corrected chi connectivity index (χ2v) is 5.47. The van der Waals surface area contributed by atoms with Crippen molar-refractivity contribution in [3.05, 3.63) is 66.6 Å². The number of aromatic nitrogens is 5. The first-order chi connectivity index (χ1) is 12.3. The standard InChI is InChI=1S/C18H16N6O/c1-19-14-7-8-16(20-11-14)18-22-17(23-25-18)15-6-3-2-5-13(15)12-24-10-4-9-21-24/h2-11,19H,12H2,1H3. The van der Waals surface area contributed by atoms with Crippen molar-refractivity contribution in [2.24, 2.45) is 0 Å². The van der Waals surface area contributed by atoms with E-state index < -0.39 is 0 Å². The number of pyridine rings is 1. The first kappa shape index (κ1) is 15.1. The Hall–Kier alpha value is -3.48. The van der Waals surface area contributed by atoms with E-state index in [9.17, 15) is 0 Å². The van der Waals surface area contributed by atoms with Crippen molar-refractivity contribution in [2.75, 3.05) is 12.4 Å². The zero-order valence-electron chi connectivity index (χ0n) is 13.6. The van der Waals surface area contributed by atoms with E-state index in [2.05, 4.69) is 25.5 Å². The van der Waals surface area contributed by atoms with Gasteiger partial charge in [0.2, 0.25) is 5.82 Å². The first-order valence-electron chi connectivity index (χ1n) is 7.87. The largest absolute Gasteiger partial charge is 0.387 e. The molecule has 3 aromatic heterocycles. The maximum Gasteiger partial charge on any atom is 0.276 e. The molecule has 0 amide bonds. The number of hydrogen-bond acceptors (Lipinski definition) is 6. The van der Waals surface area contributed by atoms with Crippen molar-refractivity contribution < 1.29 is 4.52 Å². The lowest BCUT2D eigenvalue weighted by molar-refractivity contribution is 0.431. The summed E-state index contributed by atoms with van der Waals surface area (Å²) >= 11 is 0. The van der Waals surface area contributed by atoms with Gasteiger partial charge in [-0.15, -0.1) is 0 Å². The maximum atomic E-state index is 5.40. The van der Waals surface area contributed by atoms with Gasteiger partial charge in [-0.1, -0.05) is 29.4 Å². The molecule has 7 nitrogen and oxygen atoms in total. The van der Waals surface area contributed by atoms with E-state index in [1.54, 1.807) is 12.4 Å². The molecule has 4 aromatic rings. The van der Waals surface area contributed by atoms with Crippen LogP contribution in [0.2, 0.25) is 0 Å². The van der Waals surface area contributed by atoms with Gasteiger partial charge in [0.1, 0.15) is 5.69 Å². The van der Waals surface area contributed by atoms with Gasteiger partial charge in [0.15, 0.2) is 0 Å². The molecule has 4 rings (SSSR count). The zero-order chi connectivity index (χ0) is 17.1. The van der Waals surface area contributed by atoms with Crippen molar-refractivity contribution in [3.8, 4) is 23.0 Å². The third-order valence-corrected chi connectivity index (χ3v) is 3.85. The van der Waals surface area contributed by atoms with Crippen LogP contribution in [0.15, 0.2) is 65.6 Å². The van der Waals surface area contributed by atoms with Gasteiger partial charge >= 0.3 is 0 Å². The lowest BCUT2D eigenvalue weighted by atomic mass is 10.1. The zero-order valence-corrected chi connectivity index (χ0v) is 13.6. The van der Waals surface area contributed by atoms with Crippen LogP contribution in [0.25, 0.3) is 23.0 Å². The molecule has 0 fully saturated rings. The van der Waals surface area contributed by atoms with Gasteiger partial charge in [0, 0.05) is 25.0 Å². The highest BCUT2D eigenvalue weighted by Gasteiger charge is 2.14. The SMILES string of the molecule is CNc1ccc(-c2nc(-c3ccccc3Cn3cccn3)no2)nc1. The predicted molar refractivity (Wildman–Crippen MR) is 93.8 cm³/mol. The van der Waals surface area contributed by atoms with E-state index in [1.165, 1.54) is 0 Å². The molecular formula is C18H16N6O. The fourth-order valence-electron chi connectivity index (χ4n) is 2.55. The highest BCUT2D eigenvalue weighted by Crippen LogP contribution is 2.24. The average molecular weight is 332 g/mol. The van der Waals surface area contributed by atoms with Gasteiger partial charge in [0.25, 0.3) is 5.89 Å². The molecule has 0 spiro atoms. The summed E-state index contributed by atoms with van der Waals surface area (Å²) in [7, 11) is 1.85. The summed E-state index contributed by atoms with van der Waals surface area (Å²) < 4.78 is 7.26. The van der Waals surface area contributed by atoms with E-state index in [4.69, 9.17) is 4.52 Å². The van der Waals surface area contributed by atoms with Crippen LogP contribution in [0.1, 0.15) is 5.56 Å². The molecule has 0 aliphatic carbocycles. The average Bonchev–Trinajstić information content (AvgIpc) is 3.34. The fourth-order valence-corrected chi connectivity index (χ4v) is 2.55. The van der Waals surface area contributed by atoms with Crippen LogP contribution < -0.4 is 5.32 Å². The van der Waals surface area contributed by atoms with Crippen LogP contribution in [0.4, 0.5) is 5.69 Å². The smallest absolute Gasteiger partial charge is 0.276 e. The minimum Gasteiger partial charge on any atom is -0.387 e. The molecule has 25 heavy (non-hydrogen) atoms. The number of benzene rings is 1. The Bertz CT molecular complexity index is 959. The summed E-state index contributed by atoms with van der Waals surface area (Å²) in [6.45, 7) is 0.641. The molecule has 0 aliphatic rings. The summed E-state index contributed by atoms with van der Waals surface area (Å²) in [6.07, 6.45) is 5.41. The van der Waals surface area contributed by atoms with Crippen molar-refractivity contribution in [1.82, 2.24) is 24.9 Å². The molecule has 7 heteroatoms. The topological polar surface area (TPSA) is 81.7 Å². The molecule has 1 N–H and O–H groups in total. The van der Waals surface area contributed by atoms with Crippen LogP contribution in [0.5, 0.6) is 0 Å². The molecule has 0 saturated carbocycles. The Morgan fingerprint density at radius 2 is 2.04 bits per heavy atom. The Balaban J connectivity index is 1.65. The van der Waals surface area contributed by atoms with Crippen LogP contribution in [-0.2, 0) is 6.54 Å². The van der Waals surface area contributed by atoms with E-state index in [0.717, 1.165) is 16.8 Å². The molecule has 0 atom stereocenters. The monoisotopic (exact) mass is 332 g/mol. The van der Waals surface area contributed by atoms with Crippen LogP contribution in [0.3, 0.4) is 0 Å². The Kier molecular flexibility index (Phi) is 3.96. The van der Waals surface area contributed by atoms with Crippen LogP contribution >= 0.6 is 0 Å². The second-order valence-electron chi connectivity index (χ2n) is 5.47. The number of hydrogen-bond donors (Lipinski definition) is 1. The molecule has 1 aromatic carbocycles. The minimum atomic E-state index is 0.395. The number of nitrogens with one attached hydrogen (secondary N) is 1. The number of nitrogens with zero attached hydrogens (tertiary/aromatic N) is 5. The summed E-state index contributed by atoms with van der Waals surface area (Å²) in [4.78, 5) is 8.84. The maximum absolute atomic E-state index is 5.40. The van der Waals surface area contributed by atoms with E-state index >= 15 is 0 Å². The molecule has 0 unspecified atom stereocenters. The second kappa shape index (κ2) is 6.56. The van der Waals surface area contributed by atoms with E-state index in [0.29, 0.717) is 24.0 Å². The van der Waals surface area contributed by atoms with Gasteiger partial charge in [-0.2, -0.15) is 10.1 Å². The highest BCUT2D eigenvalue weighted by molar-refractivity contribution is 5.62. The van der Waals surface area contributed by atoms with E-state index in [1.807, 2.05) is 60.4 Å². The fraction of sp³-hybridized carbons (Fsp3) is 0.111. The van der Waals surface area contributed by atoms with Gasteiger partial charge in [0.05, 0.1) is 18.4 Å². The molecule has 0 bridgehead atoms. The first-order valence-corrected chi connectivity index (χ1v) is 7.87. The number of anilines is 1. The van der Waals surface area contributed by atoms with Crippen LogP contribution in [0, 0.1) is 0 Å². The lowest BCUT2D eigenvalue weighted by Gasteiger charge is -2.06. The van der Waals surface area contributed by atoms with Gasteiger partial charge in [-0.05, 0) is 23.8 Å². The third-order valence-electron chi connectivity index (χ3n) is 3.85. The van der Waals surface area contributed by atoms with Crippen molar-refractivity contribution in [3.63, 3.8) is 0 Å². The molecule has 3 heterocycles. The van der Waals surface area contributed by atoms with Crippen molar-refractivity contribution in [2.45, 2.75) is 6.54 Å². The molecule has 0 aliphatic heterocycles. The summed E-state index contributed by atoms with van der Waals surface area (Å²) in [5.74, 6) is 0.934. The highest BCUT2D eigenvalue weighted by atomic mass is 16.5. The minimum absolute atomic E-state index is 0.395.